The lowest BCUT2D eigenvalue weighted by atomic mass is 10.2. The van der Waals surface area contributed by atoms with Crippen LogP contribution in [0.15, 0.2) is 32.8 Å². The molecule has 22 heavy (non-hydrogen) atoms. The Morgan fingerprint density at radius 3 is 3.00 bits per heavy atom. The van der Waals surface area contributed by atoms with Crippen molar-refractivity contribution < 1.29 is 9.26 Å². The van der Waals surface area contributed by atoms with E-state index >= 15 is 0 Å². The van der Waals surface area contributed by atoms with Gasteiger partial charge in [0.1, 0.15) is 0 Å². The van der Waals surface area contributed by atoms with Crippen LogP contribution >= 0.6 is 27.3 Å². The first kappa shape index (κ1) is 14.1. The molecule has 4 heterocycles. The molecule has 0 saturated carbocycles. The maximum absolute atomic E-state index is 6.00. The zero-order valence-electron chi connectivity index (χ0n) is 11.3. The number of ether oxygens (including phenoxy) is 1. The van der Waals surface area contributed by atoms with E-state index in [0.717, 1.165) is 14.2 Å². The van der Waals surface area contributed by atoms with Crippen LogP contribution in [0.2, 0.25) is 0 Å². The van der Waals surface area contributed by atoms with E-state index in [1.54, 1.807) is 22.2 Å². The van der Waals surface area contributed by atoms with Crippen molar-refractivity contribution in [1.29, 1.82) is 0 Å². The van der Waals surface area contributed by atoms with Crippen molar-refractivity contribution in [3.8, 4) is 22.2 Å². The molecule has 0 aromatic carbocycles. The molecule has 3 aromatic heterocycles. The van der Waals surface area contributed by atoms with E-state index < -0.39 is 0 Å². The molecule has 2 atom stereocenters. The van der Waals surface area contributed by atoms with Crippen molar-refractivity contribution in [1.82, 2.24) is 19.9 Å². The molecule has 1 fully saturated rings. The molecule has 3 aromatic rings. The normalized spacial score (nSPS) is 21.5. The maximum atomic E-state index is 6.00. The molecule has 0 radical (unpaired) electrons. The molecule has 0 spiro atoms. The van der Waals surface area contributed by atoms with Gasteiger partial charge in [0.25, 0.3) is 5.89 Å². The van der Waals surface area contributed by atoms with Crippen LogP contribution in [0, 0.1) is 0 Å². The average molecular weight is 382 g/mol. The van der Waals surface area contributed by atoms with Crippen LogP contribution in [0.5, 0.6) is 0 Å². The van der Waals surface area contributed by atoms with E-state index in [9.17, 15) is 0 Å². The third-order valence-electron chi connectivity index (χ3n) is 3.50. The Balaban J connectivity index is 1.60. The van der Waals surface area contributed by atoms with Gasteiger partial charge in [0.2, 0.25) is 5.82 Å². The van der Waals surface area contributed by atoms with Crippen molar-refractivity contribution in [3.05, 3.63) is 28.3 Å². The number of thiophene rings is 1. The largest absolute Gasteiger partial charge is 0.377 e. The molecule has 7 nitrogen and oxygen atoms in total. The molecule has 4 rings (SSSR count). The second kappa shape index (κ2) is 5.58. The summed E-state index contributed by atoms with van der Waals surface area (Å²) in [6, 6.07) is 3.90. The highest BCUT2D eigenvalue weighted by Gasteiger charge is 2.27. The first-order valence-corrected chi connectivity index (χ1v) is 8.29. The van der Waals surface area contributed by atoms with Crippen LogP contribution in [0.1, 0.15) is 6.04 Å². The number of aromatic nitrogens is 4. The van der Waals surface area contributed by atoms with Gasteiger partial charge in [0.15, 0.2) is 0 Å². The Labute approximate surface area is 138 Å². The van der Waals surface area contributed by atoms with Crippen molar-refractivity contribution in [2.45, 2.75) is 12.1 Å². The lowest BCUT2D eigenvalue weighted by molar-refractivity contribution is 0.183. The summed E-state index contributed by atoms with van der Waals surface area (Å²) in [7, 11) is 0. The predicted molar refractivity (Wildman–Crippen MR) is 84.4 cm³/mol. The molecule has 9 heteroatoms. The predicted octanol–water partition coefficient (Wildman–Crippen LogP) is 2.32. The molecule has 1 aliphatic rings. The molecule has 0 unspecified atom stereocenters. The molecular weight excluding hydrogens is 370 g/mol. The minimum Gasteiger partial charge on any atom is -0.377 e. The van der Waals surface area contributed by atoms with E-state index in [4.69, 9.17) is 15.0 Å². The number of nitrogens with zero attached hydrogens (tertiary/aromatic N) is 4. The summed E-state index contributed by atoms with van der Waals surface area (Å²) in [5.41, 5.74) is 6.77. The summed E-state index contributed by atoms with van der Waals surface area (Å²) in [6.07, 6.45) is 3.56. The number of hydrogen-bond donors (Lipinski definition) is 1. The summed E-state index contributed by atoms with van der Waals surface area (Å²) in [4.78, 5) is 5.36. The van der Waals surface area contributed by atoms with Gasteiger partial charge in [-0.15, -0.1) is 11.3 Å². The van der Waals surface area contributed by atoms with Crippen LogP contribution in [-0.4, -0.2) is 39.2 Å². The van der Waals surface area contributed by atoms with Crippen LogP contribution in [0.4, 0.5) is 0 Å². The highest BCUT2D eigenvalue weighted by Crippen LogP contribution is 2.31. The summed E-state index contributed by atoms with van der Waals surface area (Å²) in [6.45, 7) is 1.12. The minimum atomic E-state index is -0.0468. The van der Waals surface area contributed by atoms with E-state index in [0.29, 0.717) is 24.9 Å². The Morgan fingerprint density at radius 2 is 2.27 bits per heavy atom. The quantitative estimate of drug-likeness (QED) is 0.748. The molecule has 0 bridgehead atoms. The minimum absolute atomic E-state index is 0.0457. The smallest absolute Gasteiger partial charge is 0.261 e. The van der Waals surface area contributed by atoms with Crippen LogP contribution in [0.25, 0.3) is 22.2 Å². The number of nitrogens with two attached hydrogens (primary N) is 1. The van der Waals surface area contributed by atoms with Gasteiger partial charge in [-0.05, 0) is 28.1 Å². The highest BCUT2D eigenvalue weighted by atomic mass is 79.9. The van der Waals surface area contributed by atoms with E-state index in [2.05, 4.69) is 31.2 Å². The molecule has 114 valence electrons. The Morgan fingerprint density at radius 1 is 1.36 bits per heavy atom. The Bertz CT molecular complexity index is 798. The van der Waals surface area contributed by atoms with Gasteiger partial charge >= 0.3 is 0 Å². The van der Waals surface area contributed by atoms with Gasteiger partial charge < -0.3 is 15.0 Å². The summed E-state index contributed by atoms with van der Waals surface area (Å²) >= 11 is 4.98. The summed E-state index contributed by atoms with van der Waals surface area (Å²) in [5, 5.41) is 8.35. The highest BCUT2D eigenvalue weighted by molar-refractivity contribution is 9.11. The van der Waals surface area contributed by atoms with E-state index in [-0.39, 0.29) is 12.1 Å². The zero-order valence-corrected chi connectivity index (χ0v) is 13.7. The molecular formula is C13H12BrN5O2S. The average Bonchev–Trinajstić information content (AvgIpc) is 3.23. The summed E-state index contributed by atoms with van der Waals surface area (Å²) in [5.74, 6) is 1.01. The van der Waals surface area contributed by atoms with Crippen LogP contribution in [-0.2, 0) is 4.74 Å². The van der Waals surface area contributed by atoms with Gasteiger partial charge in [-0.3, -0.25) is 4.68 Å². The third kappa shape index (κ3) is 2.50. The van der Waals surface area contributed by atoms with Gasteiger partial charge in [0.05, 0.1) is 45.7 Å². The zero-order chi connectivity index (χ0) is 15.1. The standard InChI is InChI=1S/C13H12BrN5O2S/c14-11-2-1-10(22-11)12-17-13(21-18-12)7-3-16-19(4-7)9-6-20-5-8(9)15/h1-4,8-9H,5-6,15H2/t8-,9+/m1/s1. The first-order valence-electron chi connectivity index (χ1n) is 6.68. The van der Waals surface area contributed by atoms with Gasteiger partial charge in [-0.2, -0.15) is 10.1 Å². The SMILES string of the molecule is N[C@@H]1COC[C@@H]1n1cc(-c2nc(-c3ccc(Br)s3)no2)cn1. The monoisotopic (exact) mass is 381 g/mol. The fraction of sp³-hybridized carbons (Fsp3) is 0.308. The van der Waals surface area contributed by atoms with Crippen LogP contribution in [0.3, 0.4) is 0 Å². The lowest BCUT2D eigenvalue weighted by Gasteiger charge is -2.12. The van der Waals surface area contributed by atoms with Crippen molar-refractivity contribution >= 4 is 27.3 Å². The lowest BCUT2D eigenvalue weighted by Crippen LogP contribution is -2.31. The fourth-order valence-corrected chi connectivity index (χ4v) is 3.65. The first-order chi connectivity index (χ1) is 10.7. The molecule has 0 aliphatic carbocycles. The van der Waals surface area contributed by atoms with Crippen LogP contribution < -0.4 is 5.73 Å². The van der Waals surface area contributed by atoms with Crippen molar-refractivity contribution in [2.75, 3.05) is 13.2 Å². The summed E-state index contributed by atoms with van der Waals surface area (Å²) < 4.78 is 13.5. The van der Waals surface area contributed by atoms with Crippen molar-refractivity contribution in [2.24, 2.45) is 5.73 Å². The van der Waals surface area contributed by atoms with E-state index in [1.165, 1.54) is 0 Å². The Kier molecular flexibility index (Phi) is 3.57. The maximum Gasteiger partial charge on any atom is 0.261 e. The number of halogens is 1. The van der Waals surface area contributed by atoms with Crippen molar-refractivity contribution in [3.63, 3.8) is 0 Å². The molecule has 1 saturated heterocycles. The number of rotatable bonds is 3. The van der Waals surface area contributed by atoms with Gasteiger partial charge in [-0.25, -0.2) is 0 Å². The number of hydrogen-bond acceptors (Lipinski definition) is 7. The van der Waals surface area contributed by atoms with E-state index in [1.807, 2.05) is 18.3 Å². The molecule has 1 aliphatic heterocycles. The third-order valence-corrected chi connectivity index (χ3v) is 5.12. The Hall–Kier alpha value is -1.55. The van der Waals surface area contributed by atoms with Gasteiger partial charge in [0, 0.05) is 6.20 Å². The molecule has 0 amide bonds. The molecule has 2 N–H and O–H groups in total. The topological polar surface area (TPSA) is 92.0 Å². The second-order valence-corrected chi connectivity index (χ2v) is 7.47. The van der Waals surface area contributed by atoms with Gasteiger partial charge in [-0.1, -0.05) is 5.16 Å². The second-order valence-electron chi connectivity index (χ2n) is 5.00. The fourth-order valence-electron chi connectivity index (χ4n) is 2.34.